The SMILES string of the molecule is CC[Si](CC)(CC)O[C@H](C[C@H](CC(=O)OCc1ccccc1)O[Si](C)(C)C(C)(C)C)C[C@H](OCc1ccc(OC)cc1)C(C)(C)C(=O)C[C@@H]1C[C@H](O[Si](C)(C)C(C)(C)C)C[C@H](/C=C/C(C)(C)C2=CCC[C@@H](C[C@@H](O[Si](C)(C)C(C)(C)C)[C@@H](C)OCc3ccc(OC)cc3)O2)O1. The molecule has 13 nitrogen and oxygen atoms in total. The van der Waals surface area contributed by atoms with Crippen LogP contribution in [0.2, 0.25) is 72.5 Å². The molecule has 0 spiro atoms. The van der Waals surface area contributed by atoms with Crippen molar-refractivity contribution in [1.82, 2.24) is 0 Å². The predicted octanol–water partition coefficient (Wildman–Crippen LogP) is 20.2. The third-order valence-corrected chi connectivity index (χ3v) is 40.2. The van der Waals surface area contributed by atoms with Crippen molar-refractivity contribution >= 4 is 45.0 Å². The van der Waals surface area contributed by atoms with Gasteiger partial charge in [-0.05, 0) is 172 Å². The summed E-state index contributed by atoms with van der Waals surface area (Å²) < 4.78 is 74.3. The van der Waals surface area contributed by atoms with Crippen LogP contribution < -0.4 is 9.47 Å². The minimum Gasteiger partial charge on any atom is -0.497 e. The lowest BCUT2D eigenvalue weighted by molar-refractivity contribution is -0.147. The highest BCUT2D eigenvalue weighted by atomic mass is 28.4. The number of hydrogen-bond donors (Lipinski definition) is 0. The molecule has 0 amide bonds. The average Bonchev–Trinajstić information content (AvgIpc) is 0.816. The Bertz CT molecular complexity index is 2850. The van der Waals surface area contributed by atoms with E-state index in [9.17, 15) is 4.79 Å². The molecule has 3 aromatic carbocycles. The van der Waals surface area contributed by atoms with E-state index in [-0.39, 0.29) is 83.4 Å². The molecule has 2 aliphatic rings. The van der Waals surface area contributed by atoms with Crippen LogP contribution in [0.3, 0.4) is 0 Å². The number of benzene rings is 3. The molecule has 2 aliphatic heterocycles. The quantitative estimate of drug-likeness (QED) is 0.0308. The van der Waals surface area contributed by atoms with E-state index in [0.717, 1.165) is 64.9 Å². The van der Waals surface area contributed by atoms with Crippen LogP contribution in [0.4, 0.5) is 0 Å². The monoisotopic (exact) mass is 1390 g/mol. The highest BCUT2D eigenvalue weighted by Crippen LogP contribution is 2.45. The summed E-state index contributed by atoms with van der Waals surface area (Å²) in [5.41, 5.74) is 1.47. The Labute approximate surface area is 581 Å². The minimum absolute atomic E-state index is 0.0141. The Balaban J connectivity index is 1.46. The van der Waals surface area contributed by atoms with Gasteiger partial charge in [0.05, 0.1) is 76.6 Å². The van der Waals surface area contributed by atoms with Gasteiger partial charge < -0.3 is 50.9 Å². The molecule has 0 radical (unpaired) electrons. The molecule has 0 unspecified atom stereocenters. The Morgan fingerprint density at radius 1 is 0.611 bits per heavy atom. The van der Waals surface area contributed by atoms with Crippen LogP contribution in [-0.4, -0.2) is 114 Å². The lowest BCUT2D eigenvalue weighted by Gasteiger charge is -2.44. The molecule has 1 saturated heterocycles. The molecular formula is C78H130O13Si4. The van der Waals surface area contributed by atoms with Crippen LogP contribution in [0.1, 0.15) is 192 Å². The van der Waals surface area contributed by atoms with E-state index in [2.05, 4.69) is 173 Å². The van der Waals surface area contributed by atoms with Crippen LogP contribution in [0.25, 0.3) is 0 Å². The van der Waals surface area contributed by atoms with Gasteiger partial charge in [-0.3, -0.25) is 9.59 Å². The first-order valence-corrected chi connectivity index (χ1v) is 47.0. The molecular weight excluding hydrogens is 1260 g/mol. The molecule has 0 aromatic heterocycles. The van der Waals surface area contributed by atoms with Gasteiger partial charge in [0.2, 0.25) is 0 Å². The summed E-state index contributed by atoms with van der Waals surface area (Å²) in [5.74, 6) is 2.23. The van der Waals surface area contributed by atoms with Crippen LogP contribution in [0, 0.1) is 10.8 Å². The van der Waals surface area contributed by atoms with Crippen LogP contribution in [-0.2, 0) is 70.8 Å². The highest BCUT2D eigenvalue weighted by molar-refractivity contribution is 6.75. The summed E-state index contributed by atoms with van der Waals surface area (Å²) in [6, 6.07) is 28.5. The highest BCUT2D eigenvalue weighted by Gasteiger charge is 2.48. The maximum Gasteiger partial charge on any atom is 0.308 e. The van der Waals surface area contributed by atoms with Crippen molar-refractivity contribution in [2.24, 2.45) is 10.8 Å². The Morgan fingerprint density at radius 3 is 1.66 bits per heavy atom. The van der Waals surface area contributed by atoms with E-state index in [0.29, 0.717) is 38.7 Å². The van der Waals surface area contributed by atoms with Crippen molar-refractivity contribution in [3.8, 4) is 11.5 Å². The minimum atomic E-state index is -2.45. The van der Waals surface area contributed by atoms with Crippen molar-refractivity contribution in [2.75, 3.05) is 14.2 Å². The number of carbonyl (C=O) groups excluding carboxylic acids is 2. The van der Waals surface area contributed by atoms with E-state index in [1.807, 2.05) is 80.6 Å². The number of ether oxygens (including phenoxy) is 7. The van der Waals surface area contributed by atoms with Crippen LogP contribution in [0.15, 0.2) is 103 Å². The number of carbonyl (C=O) groups is 2. The molecule has 2 heterocycles. The number of methoxy groups -OCH3 is 2. The number of hydrogen-bond acceptors (Lipinski definition) is 13. The molecule has 3 aromatic rings. The molecule has 536 valence electrons. The summed E-state index contributed by atoms with van der Waals surface area (Å²) >= 11 is 0. The largest absolute Gasteiger partial charge is 0.497 e. The number of Topliss-reactive ketones (excluding diaryl/α,β-unsaturated/α-hetero) is 1. The van der Waals surface area contributed by atoms with Crippen molar-refractivity contribution in [1.29, 1.82) is 0 Å². The lowest BCUT2D eigenvalue weighted by atomic mass is 9.76. The van der Waals surface area contributed by atoms with Gasteiger partial charge in [0.1, 0.15) is 35.8 Å². The molecule has 0 aliphatic carbocycles. The molecule has 0 bridgehead atoms. The van der Waals surface area contributed by atoms with E-state index in [1.54, 1.807) is 14.2 Å². The first-order chi connectivity index (χ1) is 44.1. The first kappa shape index (κ1) is 81.9. The van der Waals surface area contributed by atoms with Gasteiger partial charge in [0, 0.05) is 36.2 Å². The summed E-state index contributed by atoms with van der Waals surface area (Å²) in [6.07, 6.45) is 8.72. The van der Waals surface area contributed by atoms with Gasteiger partial charge in [-0.25, -0.2) is 0 Å². The summed E-state index contributed by atoms with van der Waals surface area (Å²) in [4.78, 5) is 29.8. The zero-order chi connectivity index (χ0) is 71.0. The summed E-state index contributed by atoms with van der Waals surface area (Å²) in [5, 5.41) is -0.143. The molecule has 9 atom stereocenters. The fraction of sp³-hybridized carbons (Fsp3) is 0.692. The molecule has 95 heavy (non-hydrogen) atoms. The smallest absolute Gasteiger partial charge is 0.308 e. The Hall–Kier alpha value is -3.73. The molecule has 1 fully saturated rings. The lowest BCUT2D eigenvalue weighted by Crippen LogP contribution is -2.50. The topological polar surface area (TPSA) is 136 Å². The van der Waals surface area contributed by atoms with Crippen molar-refractivity contribution in [3.05, 3.63) is 120 Å². The normalized spacial score (nSPS) is 19.9. The third kappa shape index (κ3) is 24.5. The van der Waals surface area contributed by atoms with E-state index in [1.165, 1.54) is 0 Å². The molecule has 0 saturated carbocycles. The van der Waals surface area contributed by atoms with Gasteiger partial charge >= 0.3 is 5.97 Å². The number of rotatable bonds is 37. The Kier molecular flexibility index (Phi) is 30.2. The van der Waals surface area contributed by atoms with Gasteiger partial charge in [-0.2, -0.15) is 0 Å². The van der Waals surface area contributed by atoms with Crippen molar-refractivity contribution in [2.45, 2.75) is 323 Å². The van der Waals surface area contributed by atoms with E-state index < -0.39 is 68.5 Å². The second-order valence-corrected chi connectivity index (χ2v) is 52.0. The fourth-order valence-corrected chi connectivity index (χ4v) is 18.9. The van der Waals surface area contributed by atoms with Crippen molar-refractivity contribution < 1.29 is 60.5 Å². The summed E-state index contributed by atoms with van der Waals surface area (Å²) in [7, 11) is -5.91. The third-order valence-electron chi connectivity index (χ3n) is 21.9. The zero-order valence-corrected chi connectivity index (χ0v) is 67.8. The molecule has 17 heteroatoms. The molecule has 0 N–H and O–H groups in total. The standard InChI is InChI=1S/C78H130O13Si4/c1-26-95(27-2,28-3)90-67(49-68(89-93(22,23)75(8,9)10)53-73(80)85-56-58-33-30-29-31-34-58)52-72(84-55-60-39-43-62(82-19)44-40-60)78(16,17)70(79)51-65-48-66(88-92(20,21)74(5,6)7)47-64(86-65)45-46-77(14,15)71-36-32-35-63(87-71)50-69(91-94(24,25)76(11,12)13)57(4)83-54-59-37-41-61(81-18)42-38-59/h29-31,33-34,36-46,57,63-69,72H,26-28,32,35,47-56H2,1-25H3/b46-45+/t57-,63+,64+,65+,66-,67-,68-,69-,72+/m1/s1. The van der Waals surface area contributed by atoms with Gasteiger partial charge in [0.25, 0.3) is 0 Å². The Morgan fingerprint density at radius 2 is 1.14 bits per heavy atom. The van der Waals surface area contributed by atoms with E-state index >= 15 is 4.79 Å². The number of esters is 1. The first-order valence-electron chi connectivity index (χ1n) is 35.8. The number of allylic oxidation sites excluding steroid dienone is 2. The van der Waals surface area contributed by atoms with Crippen LogP contribution >= 0.6 is 0 Å². The average molecular weight is 1390 g/mol. The van der Waals surface area contributed by atoms with E-state index in [4.69, 9.17) is 50.9 Å². The second-order valence-electron chi connectivity index (χ2n) is 33.1. The second kappa shape index (κ2) is 35.0. The van der Waals surface area contributed by atoms with Gasteiger partial charge in [0.15, 0.2) is 33.3 Å². The van der Waals surface area contributed by atoms with Crippen molar-refractivity contribution in [3.63, 3.8) is 0 Å². The molecule has 5 rings (SSSR count). The van der Waals surface area contributed by atoms with Gasteiger partial charge in [-0.1, -0.05) is 164 Å². The van der Waals surface area contributed by atoms with Crippen LogP contribution in [0.5, 0.6) is 11.5 Å². The zero-order valence-electron chi connectivity index (χ0n) is 63.8. The van der Waals surface area contributed by atoms with Gasteiger partial charge in [-0.15, -0.1) is 0 Å². The fourth-order valence-electron chi connectivity index (χ4n) is 11.8. The summed E-state index contributed by atoms with van der Waals surface area (Å²) in [6.45, 7) is 52.4. The predicted molar refractivity (Wildman–Crippen MR) is 398 cm³/mol. The number of ketones is 1. The maximum absolute atomic E-state index is 15.8. The maximum atomic E-state index is 15.8.